The fraction of sp³-hybridized carbons (Fsp3) is 0.250. The third kappa shape index (κ3) is 5.38. The van der Waals surface area contributed by atoms with Crippen molar-refractivity contribution >= 4 is 6.08 Å². The molecule has 0 radical (unpaired) electrons. The van der Waals surface area contributed by atoms with Gasteiger partial charge in [-0.25, -0.2) is 0 Å². The summed E-state index contributed by atoms with van der Waals surface area (Å²) in [5, 5.41) is 0. The van der Waals surface area contributed by atoms with E-state index in [-0.39, 0.29) is 5.41 Å². The van der Waals surface area contributed by atoms with Gasteiger partial charge in [-0.15, -0.1) is 6.58 Å². The topological polar surface area (TPSA) is 0 Å². The van der Waals surface area contributed by atoms with Crippen LogP contribution in [0.2, 0.25) is 0 Å². The van der Waals surface area contributed by atoms with E-state index >= 15 is 0 Å². The van der Waals surface area contributed by atoms with Gasteiger partial charge in [0.2, 0.25) is 0 Å². The van der Waals surface area contributed by atoms with Crippen LogP contribution in [-0.2, 0) is 0 Å². The molecule has 0 unspecified atom stereocenters. The van der Waals surface area contributed by atoms with Crippen LogP contribution < -0.4 is 0 Å². The summed E-state index contributed by atoms with van der Waals surface area (Å²) in [5.74, 6) is 0. The van der Waals surface area contributed by atoms with E-state index in [2.05, 4.69) is 100 Å². The van der Waals surface area contributed by atoms with Crippen molar-refractivity contribution in [1.29, 1.82) is 0 Å². The minimum absolute atomic E-state index is 0.0318. The van der Waals surface area contributed by atoms with Crippen LogP contribution >= 0.6 is 0 Å². The molecule has 0 aliphatic carbocycles. The molecule has 0 saturated heterocycles. The van der Waals surface area contributed by atoms with E-state index in [1.165, 1.54) is 22.3 Å². The first-order chi connectivity index (χ1) is 11.5. The lowest BCUT2D eigenvalue weighted by Gasteiger charge is -2.20. The molecule has 2 rings (SSSR count). The van der Waals surface area contributed by atoms with E-state index in [0.29, 0.717) is 0 Å². The summed E-state index contributed by atoms with van der Waals surface area (Å²) in [4.78, 5) is 0. The summed E-state index contributed by atoms with van der Waals surface area (Å²) in [7, 11) is 0. The maximum atomic E-state index is 4.02. The van der Waals surface area contributed by atoms with Gasteiger partial charge in [0.05, 0.1) is 0 Å². The van der Waals surface area contributed by atoms with Crippen molar-refractivity contribution in [3.8, 4) is 11.1 Å². The second-order valence-electron chi connectivity index (χ2n) is 6.85. The Kier molecular flexibility index (Phi) is 6.37. The zero-order valence-electron chi connectivity index (χ0n) is 15.1. The highest BCUT2D eigenvalue weighted by Crippen LogP contribution is 2.28. The third-order valence-corrected chi connectivity index (χ3v) is 4.38. The lowest BCUT2D eigenvalue weighted by atomic mass is 9.84. The Labute approximate surface area is 147 Å². The van der Waals surface area contributed by atoms with Crippen LogP contribution in [0.5, 0.6) is 0 Å². The van der Waals surface area contributed by atoms with Crippen molar-refractivity contribution in [3.05, 3.63) is 90.5 Å². The van der Waals surface area contributed by atoms with Gasteiger partial charge in [0.1, 0.15) is 0 Å². The quantitative estimate of drug-likeness (QED) is 0.470. The lowest BCUT2D eigenvalue weighted by molar-refractivity contribution is 0.508. The molecule has 0 spiro atoms. The minimum atomic E-state index is 0.0318. The molecule has 0 aromatic heterocycles. The number of allylic oxidation sites excluding steroid dienone is 4. The summed E-state index contributed by atoms with van der Waals surface area (Å²) in [6, 6.07) is 19.2. The molecule has 0 amide bonds. The van der Waals surface area contributed by atoms with E-state index in [1.807, 2.05) is 6.07 Å². The van der Waals surface area contributed by atoms with Crippen molar-refractivity contribution < 1.29 is 0 Å². The third-order valence-electron chi connectivity index (χ3n) is 4.38. The van der Waals surface area contributed by atoms with Gasteiger partial charge in [0.15, 0.2) is 0 Å². The van der Waals surface area contributed by atoms with Crippen molar-refractivity contribution in [2.45, 2.75) is 33.6 Å². The Balaban J connectivity index is 2.07. The van der Waals surface area contributed by atoms with Crippen molar-refractivity contribution in [1.82, 2.24) is 0 Å². The smallest absolute Gasteiger partial charge is 0.00363 e. The maximum Gasteiger partial charge on any atom is 0.00363 e. The standard InChI is InChI=1S/C24H28/c1-5-24(4,18-9-10-20(2)3)19-17-21-13-15-23(16-14-21)22-11-7-6-8-12-22/h5-8,10-17,19H,1,9,18H2,2-4H3/b19-17+/t24-/m1/s1. The van der Waals surface area contributed by atoms with E-state index in [0.717, 1.165) is 12.8 Å². The first kappa shape index (κ1) is 18.0. The van der Waals surface area contributed by atoms with E-state index in [1.54, 1.807) is 0 Å². The predicted molar refractivity (Wildman–Crippen MR) is 108 cm³/mol. The molecule has 0 fully saturated rings. The minimum Gasteiger partial charge on any atom is -0.102 e. The molecule has 0 bridgehead atoms. The van der Waals surface area contributed by atoms with Crippen LogP contribution in [0, 0.1) is 5.41 Å². The van der Waals surface area contributed by atoms with Crippen LogP contribution in [0.15, 0.2) is 85.0 Å². The monoisotopic (exact) mass is 316 g/mol. The van der Waals surface area contributed by atoms with Crippen molar-refractivity contribution in [3.63, 3.8) is 0 Å². The zero-order valence-corrected chi connectivity index (χ0v) is 15.1. The van der Waals surface area contributed by atoms with E-state index in [9.17, 15) is 0 Å². The molecule has 24 heavy (non-hydrogen) atoms. The molecule has 0 aliphatic rings. The lowest BCUT2D eigenvalue weighted by Crippen LogP contribution is -2.08. The van der Waals surface area contributed by atoms with Crippen molar-refractivity contribution in [2.24, 2.45) is 5.41 Å². The Morgan fingerprint density at radius 2 is 1.58 bits per heavy atom. The summed E-state index contributed by atoms with van der Waals surface area (Å²) >= 11 is 0. The number of benzene rings is 2. The molecule has 0 N–H and O–H groups in total. The summed E-state index contributed by atoms with van der Waals surface area (Å²) < 4.78 is 0. The van der Waals surface area contributed by atoms with Gasteiger partial charge in [-0.3, -0.25) is 0 Å². The molecular weight excluding hydrogens is 288 g/mol. The highest BCUT2D eigenvalue weighted by atomic mass is 14.2. The van der Waals surface area contributed by atoms with Gasteiger partial charge in [0, 0.05) is 5.41 Å². The van der Waals surface area contributed by atoms with Gasteiger partial charge >= 0.3 is 0 Å². The molecule has 2 aromatic carbocycles. The summed E-state index contributed by atoms with van der Waals surface area (Å²) in [6.07, 6.45) is 11.0. The van der Waals surface area contributed by atoms with E-state index in [4.69, 9.17) is 0 Å². The fourth-order valence-corrected chi connectivity index (χ4v) is 2.63. The number of hydrogen-bond acceptors (Lipinski definition) is 0. The average molecular weight is 316 g/mol. The van der Waals surface area contributed by atoms with Crippen LogP contribution in [0.3, 0.4) is 0 Å². The zero-order chi connectivity index (χ0) is 17.4. The average Bonchev–Trinajstić information content (AvgIpc) is 2.61. The molecule has 0 heterocycles. The SMILES string of the molecule is C=C[C@@](C)(/C=C/c1ccc(-c2ccccc2)cc1)CCC=C(C)C. The highest BCUT2D eigenvalue weighted by Gasteiger charge is 2.14. The van der Waals surface area contributed by atoms with Gasteiger partial charge in [-0.2, -0.15) is 0 Å². The maximum absolute atomic E-state index is 4.02. The first-order valence-electron chi connectivity index (χ1n) is 8.64. The molecule has 0 nitrogen and oxygen atoms in total. The first-order valence-corrected chi connectivity index (χ1v) is 8.64. The number of rotatable bonds is 7. The van der Waals surface area contributed by atoms with E-state index < -0.39 is 0 Å². The Bertz CT molecular complexity index is 697. The van der Waals surface area contributed by atoms with Gasteiger partial charge in [-0.05, 0) is 43.4 Å². The number of hydrogen-bond donors (Lipinski definition) is 0. The second kappa shape index (κ2) is 8.49. The van der Waals surface area contributed by atoms with Gasteiger partial charge in [0.25, 0.3) is 0 Å². The molecule has 124 valence electrons. The largest absolute Gasteiger partial charge is 0.102 e. The molecule has 0 saturated carbocycles. The summed E-state index contributed by atoms with van der Waals surface area (Å²) in [5.41, 5.74) is 5.14. The van der Waals surface area contributed by atoms with Crippen LogP contribution in [-0.4, -0.2) is 0 Å². The molecule has 0 heteroatoms. The van der Waals surface area contributed by atoms with Crippen molar-refractivity contribution in [2.75, 3.05) is 0 Å². The summed E-state index contributed by atoms with van der Waals surface area (Å²) in [6.45, 7) is 10.6. The fourth-order valence-electron chi connectivity index (χ4n) is 2.63. The van der Waals surface area contributed by atoms with Crippen LogP contribution in [0.4, 0.5) is 0 Å². The molecule has 0 aliphatic heterocycles. The molecule has 2 aromatic rings. The Morgan fingerprint density at radius 3 is 2.17 bits per heavy atom. The Hall–Kier alpha value is -2.34. The normalized spacial score (nSPS) is 13.5. The Morgan fingerprint density at radius 1 is 0.958 bits per heavy atom. The molecule has 1 atom stereocenters. The second-order valence-corrected chi connectivity index (χ2v) is 6.85. The van der Waals surface area contributed by atoms with Gasteiger partial charge in [-0.1, -0.05) is 91.4 Å². The van der Waals surface area contributed by atoms with Crippen LogP contribution in [0.25, 0.3) is 17.2 Å². The molecular formula is C24H28. The highest BCUT2D eigenvalue weighted by molar-refractivity contribution is 5.65. The van der Waals surface area contributed by atoms with Gasteiger partial charge < -0.3 is 0 Å². The van der Waals surface area contributed by atoms with Crippen LogP contribution in [0.1, 0.15) is 39.2 Å². The predicted octanol–water partition coefficient (Wildman–Crippen LogP) is 7.31.